The van der Waals surface area contributed by atoms with Gasteiger partial charge in [0.15, 0.2) is 0 Å². The lowest BCUT2D eigenvalue weighted by molar-refractivity contribution is 0.497. The molecule has 2 aliphatic carbocycles. The molecule has 1 saturated carbocycles. The highest BCUT2D eigenvalue weighted by molar-refractivity contribution is 5.42. The lowest BCUT2D eigenvalue weighted by atomic mass is 9.97. The number of rotatable bonds is 0. The molecule has 2 unspecified atom stereocenters. The van der Waals surface area contributed by atoms with E-state index in [2.05, 4.69) is 26.0 Å². The summed E-state index contributed by atoms with van der Waals surface area (Å²) in [7, 11) is 0. The van der Waals surface area contributed by atoms with Crippen molar-refractivity contribution in [2.24, 2.45) is 11.8 Å². The van der Waals surface area contributed by atoms with Gasteiger partial charge in [-0.25, -0.2) is 0 Å². The first-order chi connectivity index (χ1) is 4.79. The summed E-state index contributed by atoms with van der Waals surface area (Å²) in [5.74, 6) is 1.71. The van der Waals surface area contributed by atoms with E-state index in [1.165, 1.54) is 12.8 Å². The summed E-state index contributed by atoms with van der Waals surface area (Å²) in [4.78, 5) is 0. The van der Waals surface area contributed by atoms with Crippen LogP contribution in [0, 0.1) is 11.8 Å². The molecule has 0 nitrogen and oxygen atoms in total. The molecule has 0 aliphatic heterocycles. The molecule has 2 aliphatic rings. The maximum Gasteiger partial charge on any atom is -0.0157 e. The normalized spacial score (nSPS) is 37.4. The van der Waals surface area contributed by atoms with Gasteiger partial charge in [-0.3, -0.25) is 0 Å². The fraction of sp³-hybridized carbons (Fsp3) is 0.600. The van der Waals surface area contributed by atoms with E-state index < -0.39 is 0 Å². The quantitative estimate of drug-likeness (QED) is 0.478. The molecule has 54 valence electrons. The molecular weight excluding hydrogens is 120 g/mol. The lowest BCUT2D eigenvalue weighted by Gasteiger charge is -2.07. The molecular formula is C10H14. The predicted octanol–water partition coefficient (Wildman–Crippen LogP) is 2.92. The highest BCUT2D eigenvalue weighted by Gasteiger charge is 2.29. The van der Waals surface area contributed by atoms with E-state index in [9.17, 15) is 0 Å². The lowest BCUT2D eigenvalue weighted by Crippen LogP contribution is -1.98. The predicted molar refractivity (Wildman–Crippen MR) is 43.7 cm³/mol. The number of fused-ring (bicyclic) bond motifs is 1. The Kier molecular flexibility index (Phi) is 1.23. The minimum atomic E-state index is 0.828. The highest BCUT2D eigenvalue weighted by Crippen LogP contribution is 2.43. The smallest absolute Gasteiger partial charge is 0.0157 e. The van der Waals surface area contributed by atoms with Crippen molar-refractivity contribution in [1.29, 1.82) is 0 Å². The van der Waals surface area contributed by atoms with Crippen LogP contribution in [-0.4, -0.2) is 0 Å². The average molecular weight is 134 g/mol. The van der Waals surface area contributed by atoms with Gasteiger partial charge in [-0.1, -0.05) is 26.0 Å². The second kappa shape index (κ2) is 1.98. The Labute approximate surface area is 62.6 Å². The molecule has 0 radical (unpaired) electrons. The molecule has 0 aromatic heterocycles. The molecule has 0 saturated heterocycles. The summed E-state index contributed by atoms with van der Waals surface area (Å²) in [6.07, 6.45) is 7.30. The molecule has 0 heterocycles. The van der Waals surface area contributed by atoms with Gasteiger partial charge in [-0.05, 0) is 35.8 Å². The van der Waals surface area contributed by atoms with E-state index in [0.29, 0.717) is 0 Å². The second-order valence-corrected chi connectivity index (χ2v) is 3.59. The third-order valence-corrected chi connectivity index (χ3v) is 2.96. The van der Waals surface area contributed by atoms with Crippen LogP contribution in [0.1, 0.15) is 26.7 Å². The maximum absolute atomic E-state index is 2.39. The first-order valence-corrected chi connectivity index (χ1v) is 4.18. The summed E-state index contributed by atoms with van der Waals surface area (Å²) in [5.41, 5.74) is 3.28. The summed E-state index contributed by atoms with van der Waals surface area (Å²) in [6, 6.07) is 0. The molecule has 2 rings (SSSR count). The maximum atomic E-state index is 2.39. The monoisotopic (exact) mass is 134 g/mol. The number of allylic oxidation sites excluding steroid dienone is 4. The topological polar surface area (TPSA) is 0 Å². The van der Waals surface area contributed by atoms with E-state index in [4.69, 9.17) is 0 Å². The Hall–Kier alpha value is -0.520. The zero-order chi connectivity index (χ0) is 7.14. The molecule has 0 spiro atoms. The Morgan fingerprint density at radius 3 is 2.80 bits per heavy atom. The van der Waals surface area contributed by atoms with Gasteiger partial charge in [0.25, 0.3) is 0 Å². The van der Waals surface area contributed by atoms with Crippen LogP contribution in [-0.2, 0) is 0 Å². The fourth-order valence-corrected chi connectivity index (χ4v) is 2.09. The summed E-state index contributed by atoms with van der Waals surface area (Å²) in [5, 5.41) is 0. The molecule has 2 atom stereocenters. The van der Waals surface area contributed by atoms with Crippen molar-refractivity contribution in [3.8, 4) is 0 Å². The van der Waals surface area contributed by atoms with Crippen molar-refractivity contribution in [3.63, 3.8) is 0 Å². The van der Waals surface area contributed by atoms with Gasteiger partial charge >= 0.3 is 0 Å². The van der Waals surface area contributed by atoms with Crippen molar-refractivity contribution in [2.45, 2.75) is 26.7 Å². The highest BCUT2D eigenvalue weighted by atomic mass is 14.3. The largest absolute Gasteiger partial charge is 0.0772 e. The summed E-state index contributed by atoms with van der Waals surface area (Å²) < 4.78 is 0. The van der Waals surface area contributed by atoms with Gasteiger partial charge in [0.2, 0.25) is 0 Å². The molecule has 0 amide bonds. The second-order valence-electron chi connectivity index (χ2n) is 3.59. The Morgan fingerprint density at radius 1 is 1.30 bits per heavy atom. The van der Waals surface area contributed by atoms with Crippen molar-refractivity contribution in [2.75, 3.05) is 0 Å². The van der Waals surface area contributed by atoms with Crippen LogP contribution >= 0.6 is 0 Å². The molecule has 0 N–H and O–H groups in total. The van der Waals surface area contributed by atoms with Crippen LogP contribution < -0.4 is 0 Å². The van der Waals surface area contributed by atoms with Gasteiger partial charge in [0.1, 0.15) is 0 Å². The number of hydrogen-bond acceptors (Lipinski definition) is 0. The molecule has 0 bridgehead atoms. The molecule has 0 aromatic carbocycles. The SMILES string of the molecule is CC1CC2=CCC=C2C1C. The van der Waals surface area contributed by atoms with Crippen molar-refractivity contribution in [1.82, 2.24) is 0 Å². The van der Waals surface area contributed by atoms with E-state index in [-0.39, 0.29) is 0 Å². The van der Waals surface area contributed by atoms with Gasteiger partial charge in [0.05, 0.1) is 0 Å². The standard InChI is InChI=1S/C10H14/c1-7-6-9-4-3-5-10(9)8(7)2/h4-5,7-8H,3,6H2,1-2H3. The fourth-order valence-electron chi connectivity index (χ4n) is 2.09. The van der Waals surface area contributed by atoms with Crippen LogP contribution in [0.2, 0.25) is 0 Å². The minimum Gasteiger partial charge on any atom is -0.0772 e. The molecule has 1 fully saturated rings. The van der Waals surface area contributed by atoms with Gasteiger partial charge in [-0.2, -0.15) is 0 Å². The van der Waals surface area contributed by atoms with Crippen molar-refractivity contribution in [3.05, 3.63) is 23.3 Å². The van der Waals surface area contributed by atoms with Crippen LogP contribution in [0.15, 0.2) is 23.3 Å². The molecule has 0 aromatic rings. The first-order valence-electron chi connectivity index (χ1n) is 4.18. The Balaban J connectivity index is 2.33. The third-order valence-electron chi connectivity index (χ3n) is 2.96. The zero-order valence-electron chi connectivity index (χ0n) is 6.72. The van der Waals surface area contributed by atoms with Gasteiger partial charge in [-0.15, -0.1) is 0 Å². The minimum absolute atomic E-state index is 0.828. The van der Waals surface area contributed by atoms with Gasteiger partial charge < -0.3 is 0 Å². The van der Waals surface area contributed by atoms with Crippen LogP contribution in [0.4, 0.5) is 0 Å². The first kappa shape index (κ1) is 6.21. The van der Waals surface area contributed by atoms with Crippen LogP contribution in [0.5, 0.6) is 0 Å². The van der Waals surface area contributed by atoms with E-state index >= 15 is 0 Å². The summed E-state index contributed by atoms with van der Waals surface area (Å²) >= 11 is 0. The van der Waals surface area contributed by atoms with Gasteiger partial charge in [0, 0.05) is 0 Å². The Bertz CT molecular complexity index is 208. The Morgan fingerprint density at radius 2 is 2.10 bits per heavy atom. The van der Waals surface area contributed by atoms with Crippen LogP contribution in [0.3, 0.4) is 0 Å². The van der Waals surface area contributed by atoms with Crippen molar-refractivity contribution >= 4 is 0 Å². The van der Waals surface area contributed by atoms with E-state index in [1.807, 2.05) is 0 Å². The van der Waals surface area contributed by atoms with E-state index in [0.717, 1.165) is 11.8 Å². The average Bonchev–Trinajstić information content (AvgIpc) is 2.41. The zero-order valence-corrected chi connectivity index (χ0v) is 6.72. The number of hydrogen-bond donors (Lipinski definition) is 0. The molecule has 10 heavy (non-hydrogen) atoms. The van der Waals surface area contributed by atoms with E-state index in [1.54, 1.807) is 11.1 Å². The van der Waals surface area contributed by atoms with Crippen LogP contribution in [0.25, 0.3) is 0 Å². The summed E-state index contributed by atoms with van der Waals surface area (Å²) in [6.45, 7) is 4.70. The third kappa shape index (κ3) is 0.681. The molecule has 0 heteroatoms. The van der Waals surface area contributed by atoms with Crippen molar-refractivity contribution < 1.29 is 0 Å².